The zero-order valence-corrected chi connectivity index (χ0v) is 14.3. The zero-order chi connectivity index (χ0) is 18.7. The lowest BCUT2D eigenvalue weighted by atomic mass is 10.1. The first kappa shape index (κ1) is 17.7. The van der Waals surface area contributed by atoms with Gasteiger partial charge in [-0.25, -0.2) is 4.39 Å². The number of nitrogens with one attached hydrogen (secondary N) is 2. The summed E-state index contributed by atoms with van der Waals surface area (Å²) in [5.74, 6) is -0.801. The van der Waals surface area contributed by atoms with Gasteiger partial charge in [-0.3, -0.25) is 14.6 Å². The Morgan fingerprint density at radius 2 is 2.15 bits per heavy atom. The molecule has 0 atom stereocenters. The summed E-state index contributed by atoms with van der Waals surface area (Å²) in [6.07, 6.45) is 0. The number of anilines is 2. The second kappa shape index (κ2) is 7.40. The number of hydrogen-bond donors (Lipinski definition) is 3. The number of amides is 2. The summed E-state index contributed by atoms with van der Waals surface area (Å²) in [6.45, 7) is 3.33. The molecule has 1 aliphatic heterocycles. The van der Waals surface area contributed by atoms with Crippen LogP contribution in [-0.2, 0) is 9.59 Å². The van der Waals surface area contributed by atoms with Crippen LogP contribution in [-0.4, -0.2) is 25.1 Å². The van der Waals surface area contributed by atoms with E-state index in [0.29, 0.717) is 22.7 Å². The summed E-state index contributed by atoms with van der Waals surface area (Å²) in [5.41, 5.74) is 1.51. The average molecular weight is 375 g/mol. The summed E-state index contributed by atoms with van der Waals surface area (Å²) in [5, 5.41) is 5.31. The number of hydrogen-bond acceptors (Lipinski definition) is 5. The second-order valence-corrected chi connectivity index (χ2v) is 5.81. The molecule has 8 heteroatoms. The van der Waals surface area contributed by atoms with E-state index in [9.17, 15) is 14.0 Å². The van der Waals surface area contributed by atoms with Gasteiger partial charge in [-0.05, 0) is 31.0 Å². The van der Waals surface area contributed by atoms with Crippen LogP contribution in [0.25, 0.3) is 5.70 Å². The number of halogens is 1. The van der Waals surface area contributed by atoms with Gasteiger partial charge in [0.05, 0.1) is 16.3 Å². The van der Waals surface area contributed by atoms with Crippen LogP contribution in [0.15, 0.2) is 52.4 Å². The van der Waals surface area contributed by atoms with E-state index in [2.05, 4.69) is 35.0 Å². The van der Waals surface area contributed by atoms with Gasteiger partial charge in [0.2, 0.25) is 0 Å². The van der Waals surface area contributed by atoms with E-state index >= 15 is 0 Å². The van der Waals surface area contributed by atoms with Crippen molar-refractivity contribution < 1.29 is 21.6 Å². The van der Waals surface area contributed by atoms with Gasteiger partial charge in [-0.15, -0.1) is 12.6 Å². The van der Waals surface area contributed by atoms with Gasteiger partial charge in [0.25, 0.3) is 11.8 Å². The monoisotopic (exact) mass is 375 g/mol. The number of carbonyl (C=O) groups is 2. The topological polar surface area (TPSA) is 79.8 Å². The third-order valence-electron chi connectivity index (χ3n) is 3.57. The Labute approximate surface area is 157 Å². The number of rotatable bonds is 4. The summed E-state index contributed by atoms with van der Waals surface area (Å²) < 4.78 is 18.7. The van der Waals surface area contributed by atoms with Crippen molar-refractivity contribution in [3.8, 4) is 5.75 Å². The molecule has 0 unspecified atom stereocenters. The molecule has 0 saturated heterocycles. The van der Waals surface area contributed by atoms with Crippen molar-refractivity contribution in [2.24, 2.45) is 4.99 Å². The fraction of sp³-hybridized carbons (Fsp3) is 0.0556. The molecule has 26 heavy (non-hydrogen) atoms. The average Bonchev–Trinajstić information content (AvgIpc) is 2.62. The standard InChI is InChI=1S/C18H14FN3O3S.2H2/c1-20-16(10-3-2-4-11(19)7-10)17(26)18(24)21-12-5-6-13-14(8-12)25-9-15(23)22-13;;/h2-8,26H,1,9H2,(H,21,24)(H,22,23);2*1H/b17-16-;;. The van der Waals surface area contributed by atoms with Gasteiger partial charge in [0, 0.05) is 20.2 Å². The summed E-state index contributed by atoms with van der Waals surface area (Å²) in [4.78, 5) is 27.5. The highest BCUT2D eigenvalue weighted by Gasteiger charge is 2.18. The highest BCUT2D eigenvalue weighted by Crippen LogP contribution is 2.31. The summed E-state index contributed by atoms with van der Waals surface area (Å²) in [7, 11) is 0. The van der Waals surface area contributed by atoms with Gasteiger partial charge in [0.15, 0.2) is 6.61 Å². The van der Waals surface area contributed by atoms with E-state index in [-0.39, 0.29) is 26.0 Å². The largest absolute Gasteiger partial charge is 0.482 e. The van der Waals surface area contributed by atoms with Gasteiger partial charge in [-0.2, -0.15) is 0 Å². The molecule has 136 valence electrons. The normalized spacial score (nSPS) is 13.7. The van der Waals surface area contributed by atoms with E-state index in [1.54, 1.807) is 24.3 Å². The Kier molecular flexibility index (Phi) is 5.04. The third kappa shape index (κ3) is 3.75. The molecule has 6 nitrogen and oxygen atoms in total. The number of nitrogens with zero attached hydrogens (tertiary/aromatic N) is 1. The van der Waals surface area contributed by atoms with Crippen molar-refractivity contribution in [2.75, 3.05) is 17.2 Å². The molecule has 0 spiro atoms. The first-order valence-corrected chi connectivity index (χ1v) is 7.96. The lowest BCUT2D eigenvalue weighted by Gasteiger charge is -2.18. The first-order chi connectivity index (χ1) is 12.5. The highest BCUT2D eigenvalue weighted by molar-refractivity contribution is 7.86. The fourth-order valence-electron chi connectivity index (χ4n) is 2.39. The number of benzene rings is 2. The van der Waals surface area contributed by atoms with Crippen molar-refractivity contribution in [1.82, 2.24) is 0 Å². The Morgan fingerprint density at radius 3 is 2.88 bits per heavy atom. The Hall–Kier alpha value is -3.13. The van der Waals surface area contributed by atoms with Crippen LogP contribution in [0.4, 0.5) is 15.8 Å². The zero-order valence-electron chi connectivity index (χ0n) is 13.5. The minimum atomic E-state index is -0.542. The molecule has 0 radical (unpaired) electrons. The van der Waals surface area contributed by atoms with Crippen LogP contribution in [0, 0.1) is 5.82 Å². The Balaban J connectivity index is 0.00000196. The molecule has 0 aliphatic carbocycles. The molecule has 0 aromatic heterocycles. The molecule has 0 saturated carbocycles. The molecule has 1 aliphatic rings. The molecule has 1 heterocycles. The van der Waals surface area contributed by atoms with Gasteiger partial charge in [0.1, 0.15) is 11.6 Å². The Morgan fingerprint density at radius 1 is 1.35 bits per heavy atom. The smallest absolute Gasteiger partial charge is 0.264 e. The highest BCUT2D eigenvalue weighted by atomic mass is 32.1. The minimum absolute atomic E-state index is 0. The molecular weight excluding hydrogens is 357 g/mol. The van der Waals surface area contributed by atoms with Crippen LogP contribution in [0.2, 0.25) is 0 Å². The lowest BCUT2D eigenvalue weighted by molar-refractivity contribution is -0.118. The predicted octanol–water partition coefficient (Wildman–Crippen LogP) is 3.59. The number of carbonyl (C=O) groups excluding carboxylic acids is 2. The van der Waals surface area contributed by atoms with E-state index < -0.39 is 11.7 Å². The van der Waals surface area contributed by atoms with Crippen LogP contribution in [0.3, 0.4) is 0 Å². The summed E-state index contributed by atoms with van der Waals surface area (Å²) in [6, 6.07) is 10.4. The van der Waals surface area contributed by atoms with Gasteiger partial charge >= 0.3 is 0 Å². The molecular formula is C18H18FN3O3S. The fourth-order valence-corrected chi connectivity index (χ4v) is 2.64. The summed E-state index contributed by atoms with van der Waals surface area (Å²) >= 11 is 4.21. The lowest BCUT2D eigenvalue weighted by Crippen LogP contribution is -2.25. The molecule has 2 N–H and O–H groups in total. The quantitative estimate of drug-likeness (QED) is 0.434. The maximum atomic E-state index is 13.4. The number of fused-ring (bicyclic) bond motifs is 1. The molecule has 3 rings (SSSR count). The molecule has 2 amide bonds. The van der Waals surface area contributed by atoms with Crippen LogP contribution < -0.4 is 15.4 Å². The predicted molar refractivity (Wildman–Crippen MR) is 105 cm³/mol. The maximum Gasteiger partial charge on any atom is 0.264 e. The third-order valence-corrected chi connectivity index (χ3v) is 3.98. The minimum Gasteiger partial charge on any atom is -0.482 e. The first-order valence-electron chi connectivity index (χ1n) is 7.52. The van der Waals surface area contributed by atoms with E-state index in [1.165, 1.54) is 18.2 Å². The van der Waals surface area contributed by atoms with Crippen molar-refractivity contribution in [3.63, 3.8) is 0 Å². The van der Waals surface area contributed by atoms with Crippen LogP contribution in [0.5, 0.6) is 5.75 Å². The van der Waals surface area contributed by atoms with E-state index in [4.69, 9.17) is 4.74 Å². The Bertz CT molecular complexity index is 953. The van der Waals surface area contributed by atoms with Crippen molar-refractivity contribution in [3.05, 3.63) is 58.8 Å². The van der Waals surface area contributed by atoms with E-state index in [0.717, 1.165) is 0 Å². The number of thiol groups is 1. The van der Waals surface area contributed by atoms with Crippen molar-refractivity contribution in [1.29, 1.82) is 0 Å². The van der Waals surface area contributed by atoms with Crippen molar-refractivity contribution in [2.45, 2.75) is 0 Å². The molecule has 2 aromatic carbocycles. The maximum absolute atomic E-state index is 13.4. The van der Waals surface area contributed by atoms with Gasteiger partial charge < -0.3 is 15.4 Å². The van der Waals surface area contributed by atoms with Crippen LogP contribution in [0.1, 0.15) is 8.42 Å². The molecule has 0 bridgehead atoms. The van der Waals surface area contributed by atoms with Crippen LogP contribution >= 0.6 is 12.6 Å². The second-order valence-electron chi connectivity index (χ2n) is 5.37. The number of aliphatic imine (C=N–C) groups is 1. The van der Waals surface area contributed by atoms with E-state index in [1.807, 2.05) is 0 Å². The number of ether oxygens (including phenoxy) is 1. The SMILES string of the molecule is C=N/C(=C(\S)C(=O)Nc1ccc2c(c1)OCC(=O)N2)c1cccc(F)c1.[HH].[HH]. The molecule has 2 aromatic rings. The van der Waals surface area contributed by atoms with Crippen molar-refractivity contribution >= 4 is 48.2 Å². The molecule has 0 fully saturated rings. The van der Waals surface area contributed by atoms with Gasteiger partial charge in [-0.1, -0.05) is 12.1 Å².